The van der Waals surface area contributed by atoms with E-state index in [0.717, 1.165) is 12.1 Å². The molecule has 8 heteroatoms. The Morgan fingerprint density at radius 3 is 2.52 bits per heavy atom. The van der Waals surface area contributed by atoms with Gasteiger partial charge in [-0.2, -0.15) is 10.2 Å². The average Bonchev–Trinajstić information content (AvgIpc) is 2.64. The summed E-state index contributed by atoms with van der Waals surface area (Å²) < 4.78 is 27.4. The number of hydrogen-bond acceptors (Lipinski definition) is 4. The summed E-state index contributed by atoms with van der Waals surface area (Å²) in [5, 5.41) is 8.69. The minimum absolute atomic E-state index is 0.0429. The molecule has 27 heavy (non-hydrogen) atoms. The summed E-state index contributed by atoms with van der Waals surface area (Å²) in [4.78, 5) is 25.0. The molecule has 3 rings (SSSR count). The van der Waals surface area contributed by atoms with Crippen molar-refractivity contribution in [2.45, 2.75) is 19.9 Å². The van der Waals surface area contributed by atoms with Gasteiger partial charge in [0.1, 0.15) is 0 Å². The van der Waals surface area contributed by atoms with Crippen LogP contribution in [0, 0.1) is 11.6 Å². The van der Waals surface area contributed by atoms with Crippen LogP contribution in [0.5, 0.6) is 0 Å². The van der Waals surface area contributed by atoms with Crippen LogP contribution in [-0.2, 0) is 0 Å². The highest BCUT2D eigenvalue weighted by atomic mass is 19.2. The summed E-state index contributed by atoms with van der Waals surface area (Å²) in [6, 6.07) is 9.66. The van der Waals surface area contributed by atoms with Crippen molar-refractivity contribution in [2.75, 3.05) is 0 Å². The van der Waals surface area contributed by atoms with Gasteiger partial charge in [-0.05, 0) is 37.6 Å². The fourth-order valence-electron chi connectivity index (χ4n) is 2.54. The largest absolute Gasteiger partial charge is 0.292 e. The third kappa shape index (κ3) is 3.74. The fraction of sp³-hybridized carbons (Fsp3) is 0.158. The van der Waals surface area contributed by atoms with E-state index < -0.39 is 17.5 Å². The Morgan fingerprint density at radius 2 is 1.85 bits per heavy atom. The molecule has 0 saturated heterocycles. The zero-order valence-corrected chi connectivity index (χ0v) is 14.6. The molecule has 0 aliphatic rings. The Balaban J connectivity index is 1.93. The van der Waals surface area contributed by atoms with E-state index in [1.165, 1.54) is 17.0 Å². The molecule has 0 fully saturated rings. The maximum atomic E-state index is 13.2. The number of hydrazone groups is 1. The molecule has 2 aromatic carbocycles. The Kier molecular flexibility index (Phi) is 5.07. The molecular weight excluding hydrogens is 354 g/mol. The predicted molar refractivity (Wildman–Crippen MR) is 97.8 cm³/mol. The lowest BCUT2D eigenvalue weighted by Gasteiger charge is -2.12. The van der Waals surface area contributed by atoms with Gasteiger partial charge in [0.25, 0.3) is 11.5 Å². The van der Waals surface area contributed by atoms with Crippen LogP contribution in [0.15, 0.2) is 52.4 Å². The Labute approximate surface area is 153 Å². The molecule has 0 saturated carbocycles. The number of carbonyl (C=O) groups is 1. The van der Waals surface area contributed by atoms with Crippen LogP contribution in [0.3, 0.4) is 0 Å². The van der Waals surface area contributed by atoms with E-state index in [1.807, 2.05) is 0 Å². The Hall–Kier alpha value is -3.42. The number of amides is 1. The highest BCUT2D eigenvalue weighted by Crippen LogP contribution is 2.14. The van der Waals surface area contributed by atoms with E-state index >= 15 is 0 Å². The summed E-state index contributed by atoms with van der Waals surface area (Å²) in [7, 11) is 0. The van der Waals surface area contributed by atoms with Crippen LogP contribution < -0.4 is 11.0 Å². The van der Waals surface area contributed by atoms with Crippen LogP contribution in [0.25, 0.3) is 10.8 Å². The summed E-state index contributed by atoms with van der Waals surface area (Å²) in [5.74, 6) is -2.61. The maximum Gasteiger partial charge on any atom is 0.292 e. The molecule has 0 bridgehead atoms. The molecule has 138 valence electrons. The van der Waals surface area contributed by atoms with Gasteiger partial charge in [0, 0.05) is 5.39 Å². The fourth-order valence-corrected chi connectivity index (χ4v) is 2.54. The molecule has 0 unspecified atom stereocenters. The van der Waals surface area contributed by atoms with Gasteiger partial charge in [0.05, 0.1) is 17.6 Å². The van der Waals surface area contributed by atoms with Gasteiger partial charge in [-0.25, -0.2) is 18.9 Å². The number of rotatable bonds is 4. The predicted octanol–water partition coefficient (Wildman–Crippen LogP) is 3.02. The van der Waals surface area contributed by atoms with Crippen molar-refractivity contribution in [3.63, 3.8) is 0 Å². The molecule has 0 aliphatic heterocycles. The first kappa shape index (κ1) is 18.4. The van der Waals surface area contributed by atoms with Crippen molar-refractivity contribution in [3.05, 3.63) is 75.7 Å². The van der Waals surface area contributed by atoms with E-state index in [9.17, 15) is 18.4 Å². The van der Waals surface area contributed by atoms with Crippen LogP contribution in [0.1, 0.15) is 35.9 Å². The molecule has 1 aromatic heterocycles. The molecule has 0 radical (unpaired) electrons. The maximum absolute atomic E-state index is 13.2. The molecule has 1 amide bonds. The summed E-state index contributed by atoms with van der Waals surface area (Å²) in [6.07, 6.45) is 1.18. The first-order valence-corrected chi connectivity index (χ1v) is 8.18. The van der Waals surface area contributed by atoms with Crippen molar-refractivity contribution in [3.8, 4) is 0 Å². The van der Waals surface area contributed by atoms with Gasteiger partial charge < -0.3 is 0 Å². The summed E-state index contributed by atoms with van der Waals surface area (Å²) in [5.41, 5.74) is 2.33. The number of nitrogens with zero attached hydrogens (tertiary/aromatic N) is 3. The number of halogens is 2. The smallest absolute Gasteiger partial charge is 0.267 e. The van der Waals surface area contributed by atoms with E-state index in [-0.39, 0.29) is 22.9 Å². The highest BCUT2D eigenvalue weighted by molar-refractivity contribution is 6.04. The number of carbonyl (C=O) groups excluding carboxylic acids is 1. The quantitative estimate of drug-likeness (QED) is 0.567. The second-order valence-electron chi connectivity index (χ2n) is 6.11. The first-order valence-electron chi connectivity index (χ1n) is 8.18. The normalized spacial score (nSPS) is 11.4. The van der Waals surface area contributed by atoms with Gasteiger partial charge in [-0.1, -0.05) is 24.3 Å². The van der Waals surface area contributed by atoms with Gasteiger partial charge >= 0.3 is 0 Å². The minimum Gasteiger partial charge on any atom is -0.267 e. The lowest BCUT2D eigenvalue weighted by molar-refractivity contribution is 0.0949. The molecule has 1 heterocycles. The SMILES string of the molecule is CC(C)n1nc(C(=O)N/N=C\c2ccc(F)c(F)c2)c2ccccc2c1=O. The van der Waals surface area contributed by atoms with E-state index in [4.69, 9.17) is 0 Å². The monoisotopic (exact) mass is 370 g/mol. The van der Waals surface area contributed by atoms with Crippen molar-refractivity contribution in [1.29, 1.82) is 0 Å². The lowest BCUT2D eigenvalue weighted by Crippen LogP contribution is -2.30. The van der Waals surface area contributed by atoms with Crippen LogP contribution in [-0.4, -0.2) is 21.9 Å². The van der Waals surface area contributed by atoms with E-state index in [2.05, 4.69) is 15.6 Å². The number of fused-ring (bicyclic) bond motifs is 1. The molecular formula is C19H16F2N4O2. The minimum atomic E-state index is -1.01. The van der Waals surface area contributed by atoms with Crippen molar-refractivity contribution >= 4 is 22.9 Å². The van der Waals surface area contributed by atoms with E-state index in [0.29, 0.717) is 10.8 Å². The number of hydrogen-bond donors (Lipinski definition) is 1. The first-order chi connectivity index (χ1) is 12.9. The van der Waals surface area contributed by atoms with Gasteiger partial charge in [0.2, 0.25) is 0 Å². The second kappa shape index (κ2) is 7.45. The Bertz CT molecular complexity index is 1110. The number of benzene rings is 2. The summed E-state index contributed by atoms with van der Waals surface area (Å²) in [6.45, 7) is 3.57. The molecule has 1 N–H and O–H groups in total. The second-order valence-corrected chi connectivity index (χ2v) is 6.11. The van der Waals surface area contributed by atoms with Crippen LogP contribution in [0.4, 0.5) is 8.78 Å². The molecule has 0 atom stereocenters. The topological polar surface area (TPSA) is 76.3 Å². The van der Waals surface area contributed by atoms with Crippen LogP contribution in [0.2, 0.25) is 0 Å². The average molecular weight is 370 g/mol. The molecule has 0 aliphatic carbocycles. The van der Waals surface area contributed by atoms with E-state index in [1.54, 1.807) is 38.1 Å². The van der Waals surface area contributed by atoms with Crippen molar-refractivity contribution in [1.82, 2.24) is 15.2 Å². The molecule has 3 aromatic rings. The third-order valence-electron chi connectivity index (χ3n) is 3.86. The highest BCUT2D eigenvalue weighted by Gasteiger charge is 2.17. The number of nitrogens with one attached hydrogen (secondary N) is 1. The van der Waals surface area contributed by atoms with Gasteiger partial charge in [-0.15, -0.1) is 0 Å². The third-order valence-corrected chi connectivity index (χ3v) is 3.86. The van der Waals surface area contributed by atoms with Crippen molar-refractivity contribution < 1.29 is 13.6 Å². The standard InChI is InChI=1S/C19H16F2N4O2/c1-11(2)25-19(27)14-6-4-3-5-13(14)17(24-25)18(26)23-22-10-12-7-8-15(20)16(21)9-12/h3-11H,1-2H3,(H,23,26)/b22-10-. The van der Waals surface area contributed by atoms with Gasteiger partial charge in [0.15, 0.2) is 17.3 Å². The van der Waals surface area contributed by atoms with Crippen molar-refractivity contribution in [2.24, 2.45) is 5.10 Å². The molecule has 0 spiro atoms. The van der Waals surface area contributed by atoms with Crippen LogP contribution >= 0.6 is 0 Å². The zero-order valence-electron chi connectivity index (χ0n) is 14.6. The summed E-state index contributed by atoms with van der Waals surface area (Å²) >= 11 is 0. The lowest BCUT2D eigenvalue weighted by atomic mass is 10.1. The number of aromatic nitrogens is 2. The molecule has 6 nitrogen and oxygen atoms in total. The van der Waals surface area contributed by atoms with Gasteiger partial charge in [-0.3, -0.25) is 9.59 Å². The Morgan fingerprint density at radius 1 is 1.15 bits per heavy atom. The zero-order chi connectivity index (χ0) is 19.6.